The van der Waals surface area contributed by atoms with E-state index in [-0.39, 0.29) is 11.5 Å². The van der Waals surface area contributed by atoms with Gasteiger partial charge in [-0.25, -0.2) is 17.6 Å². The molecular weight excluding hydrogens is 472 g/mol. The van der Waals surface area contributed by atoms with Gasteiger partial charge < -0.3 is 14.5 Å². The predicted molar refractivity (Wildman–Crippen MR) is 142 cm³/mol. The molecule has 0 aromatic heterocycles. The third-order valence-electron chi connectivity index (χ3n) is 9.63. The summed E-state index contributed by atoms with van der Waals surface area (Å²) in [5.41, 5.74) is 2.94. The predicted octanol–water partition coefficient (Wildman–Crippen LogP) is 4.05. The lowest BCUT2D eigenvalue weighted by atomic mass is 9.69. The Morgan fingerprint density at radius 2 is 1.67 bits per heavy atom. The van der Waals surface area contributed by atoms with Crippen LogP contribution in [0, 0.1) is 0 Å². The molecule has 6 rings (SSSR count). The number of amides is 1. The van der Waals surface area contributed by atoms with Crippen LogP contribution in [0.1, 0.15) is 75.8 Å². The Balaban J connectivity index is 1.15. The summed E-state index contributed by atoms with van der Waals surface area (Å²) in [7, 11) is 0. The van der Waals surface area contributed by atoms with Gasteiger partial charge in [0.1, 0.15) is 0 Å². The maximum absolute atomic E-state index is 13.6. The molecule has 8 heteroatoms. The lowest BCUT2D eigenvalue weighted by Gasteiger charge is -2.51. The monoisotopic (exact) mass is 514 g/mol. The van der Waals surface area contributed by atoms with E-state index in [2.05, 4.69) is 42.7 Å². The van der Waals surface area contributed by atoms with E-state index in [0.29, 0.717) is 24.7 Å². The quantitative estimate of drug-likeness (QED) is 0.608. The van der Waals surface area contributed by atoms with Crippen LogP contribution < -0.4 is 0 Å². The maximum Gasteiger partial charge on any atom is 0.410 e. The topological polar surface area (TPSA) is 56.3 Å². The molecule has 0 aliphatic carbocycles. The molecule has 5 heterocycles. The normalized spacial score (nSPS) is 31.8. The first kappa shape index (κ1) is 24.8. The molecular formula is C28H42N4O3S. The van der Waals surface area contributed by atoms with Gasteiger partial charge >= 0.3 is 6.09 Å². The van der Waals surface area contributed by atoms with Crippen molar-refractivity contribution in [3.8, 4) is 0 Å². The van der Waals surface area contributed by atoms with Crippen molar-refractivity contribution in [2.45, 2.75) is 94.8 Å². The van der Waals surface area contributed by atoms with Crippen molar-refractivity contribution < 1.29 is 13.7 Å². The summed E-state index contributed by atoms with van der Waals surface area (Å²) in [6, 6.07) is 10.1. The Labute approximate surface area is 218 Å². The number of ether oxygens (including phenoxy) is 1. The number of hydrogen-bond acceptors (Lipinski definition) is 4. The van der Waals surface area contributed by atoms with Crippen LogP contribution in [0.25, 0.3) is 0 Å². The smallest absolute Gasteiger partial charge is 0.410 e. The molecule has 1 amide bonds. The Morgan fingerprint density at radius 1 is 0.972 bits per heavy atom. The van der Waals surface area contributed by atoms with Crippen LogP contribution in [-0.4, -0.2) is 86.2 Å². The molecule has 7 nitrogen and oxygen atoms in total. The summed E-state index contributed by atoms with van der Waals surface area (Å²) in [5.74, 6) is 0. The minimum atomic E-state index is -1.05. The fourth-order valence-corrected chi connectivity index (χ4v) is 9.33. The van der Waals surface area contributed by atoms with Gasteiger partial charge in [0.05, 0.1) is 6.61 Å². The molecule has 3 unspecified atom stereocenters. The number of nitrogens with zero attached hydrogens (tertiary/aromatic N) is 4. The molecule has 0 saturated carbocycles. The molecule has 1 spiro atoms. The largest absolute Gasteiger partial charge is 0.450 e. The Kier molecular flexibility index (Phi) is 7.14. The van der Waals surface area contributed by atoms with E-state index in [0.717, 1.165) is 90.6 Å². The number of fused-ring (bicyclic) bond motifs is 4. The molecule has 1 aromatic rings. The number of benzene rings is 1. The lowest BCUT2D eigenvalue weighted by Crippen LogP contribution is -2.58. The van der Waals surface area contributed by atoms with Gasteiger partial charge in [0.2, 0.25) is 0 Å². The zero-order valence-electron chi connectivity index (χ0n) is 21.8. The third-order valence-corrected chi connectivity index (χ3v) is 11.1. The molecule has 198 valence electrons. The van der Waals surface area contributed by atoms with Crippen molar-refractivity contribution in [2.75, 3.05) is 39.3 Å². The Hall–Kier alpha value is -1.48. The van der Waals surface area contributed by atoms with Crippen molar-refractivity contribution in [2.24, 2.45) is 0 Å². The minimum Gasteiger partial charge on any atom is -0.450 e. The van der Waals surface area contributed by atoms with Crippen LogP contribution >= 0.6 is 0 Å². The number of carbonyl (C=O) groups excluding carboxylic acids is 1. The highest BCUT2D eigenvalue weighted by Gasteiger charge is 2.48. The van der Waals surface area contributed by atoms with Gasteiger partial charge in [-0.15, -0.1) is 0 Å². The molecule has 4 saturated heterocycles. The molecule has 0 N–H and O–H groups in total. The zero-order chi connectivity index (χ0) is 24.7. The van der Waals surface area contributed by atoms with Crippen LogP contribution in [0.4, 0.5) is 4.79 Å². The molecule has 1 aromatic carbocycles. The van der Waals surface area contributed by atoms with Crippen molar-refractivity contribution in [1.29, 1.82) is 0 Å². The van der Waals surface area contributed by atoms with Crippen molar-refractivity contribution in [3.63, 3.8) is 0 Å². The molecule has 5 aliphatic rings. The second-order valence-electron chi connectivity index (χ2n) is 11.6. The van der Waals surface area contributed by atoms with Gasteiger partial charge in [-0.2, -0.15) is 0 Å². The summed E-state index contributed by atoms with van der Waals surface area (Å²) in [4.78, 5) is 17.3. The number of hydrogen-bond donors (Lipinski definition) is 0. The first-order valence-electron chi connectivity index (χ1n) is 14.3. The standard InChI is InChI=1S/C28H42N4O3S/c1-2-35-27(33)32-23-10-11-24(32)19-25(18-23)29-16-12-28(13-17-29)21-31(20-22-8-4-5-9-26(22)28)36(34)30-14-6-3-7-15-30/h4-5,8-9,23-25H,2-3,6-7,10-21H2,1H3. The number of carbonyl (C=O) groups is 1. The van der Waals surface area contributed by atoms with Crippen molar-refractivity contribution in [3.05, 3.63) is 35.4 Å². The number of likely N-dealkylation sites (tertiary alicyclic amines) is 1. The highest BCUT2D eigenvalue weighted by molar-refractivity contribution is 7.80. The van der Waals surface area contributed by atoms with E-state index in [1.807, 2.05) is 6.92 Å². The van der Waals surface area contributed by atoms with Crippen LogP contribution in [0.5, 0.6) is 0 Å². The zero-order valence-corrected chi connectivity index (χ0v) is 22.6. The highest BCUT2D eigenvalue weighted by Crippen LogP contribution is 2.45. The van der Waals surface area contributed by atoms with Gasteiger partial charge in [0.25, 0.3) is 0 Å². The van der Waals surface area contributed by atoms with Gasteiger partial charge in [0, 0.05) is 49.7 Å². The van der Waals surface area contributed by atoms with E-state index in [4.69, 9.17) is 4.74 Å². The molecule has 3 atom stereocenters. The average Bonchev–Trinajstić information content (AvgIpc) is 3.19. The summed E-state index contributed by atoms with van der Waals surface area (Å²) < 4.78 is 23.5. The molecule has 0 radical (unpaired) electrons. The molecule has 36 heavy (non-hydrogen) atoms. The second kappa shape index (κ2) is 10.4. The average molecular weight is 515 g/mol. The second-order valence-corrected chi connectivity index (χ2v) is 13.1. The summed E-state index contributed by atoms with van der Waals surface area (Å²) in [6.45, 7) is 8.12. The van der Waals surface area contributed by atoms with Crippen molar-refractivity contribution in [1.82, 2.24) is 18.4 Å². The van der Waals surface area contributed by atoms with E-state index in [1.54, 1.807) is 0 Å². The van der Waals surface area contributed by atoms with E-state index in [1.165, 1.54) is 17.5 Å². The number of rotatable bonds is 4. The van der Waals surface area contributed by atoms with Crippen molar-refractivity contribution >= 4 is 17.3 Å². The Bertz CT molecular complexity index is 961. The molecule has 2 bridgehead atoms. The number of piperidine rings is 3. The summed E-state index contributed by atoms with van der Waals surface area (Å²) in [6.07, 6.45) is 10.1. The summed E-state index contributed by atoms with van der Waals surface area (Å²) >= 11 is -1.05. The van der Waals surface area contributed by atoms with Crippen LogP contribution in [0.15, 0.2) is 24.3 Å². The van der Waals surface area contributed by atoms with Crippen LogP contribution in [0.2, 0.25) is 0 Å². The highest BCUT2D eigenvalue weighted by atomic mass is 32.2. The summed E-state index contributed by atoms with van der Waals surface area (Å²) in [5, 5.41) is 0. The maximum atomic E-state index is 13.6. The van der Waals surface area contributed by atoms with Gasteiger partial charge in [-0.1, -0.05) is 30.7 Å². The van der Waals surface area contributed by atoms with E-state index < -0.39 is 11.2 Å². The van der Waals surface area contributed by atoms with Crippen LogP contribution in [-0.2, 0) is 27.9 Å². The fraction of sp³-hybridized carbons (Fsp3) is 0.750. The van der Waals surface area contributed by atoms with Crippen LogP contribution in [0.3, 0.4) is 0 Å². The fourth-order valence-electron chi connectivity index (χ4n) is 7.83. The van der Waals surface area contributed by atoms with Gasteiger partial charge in [-0.3, -0.25) is 0 Å². The minimum absolute atomic E-state index is 0.0847. The van der Waals surface area contributed by atoms with Gasteiger partial charge in [0.15, 0.2) is 11.2 Å². The molecule has 5 aliphatic heterocycles. The Morgan fingerprint density at radius 3 is 2.36 bits per heavy atom. The third kappa shape index (κ3) is 4.52. The first-order chi connectivity index (χ1) is 17.6. The molecule has 4 fully saturated rings. The SMILES string of the molecule is CCOC(=O)N1C2CCC1CC(N1CCC3(CC1)CN(S(=O)N1CCCCC1)Cc1ccccc13)C2. The lowest BCUT2D eigenvalue weighted by molar-refractivity contribution is 0.0237. The van der Waals surface area contributed by atoms with E-state index >= 15 is 0 Å². The first-order valence-corrected chi connectivity index (χ1v) is 15.3. The van der Waals surface area contributed by atoms with E-state index in [9.17, 15) is 9.00 Å². The van der Waals surface area contributed by atoms with Gasteiger partial charge in [-0.05, 0) is 82.5 Å².